The molecule has 1 aliphatic carbocycles. The Morgan fingerprint density at radius 1 is 1.30 bits per heavy atom. The van der Waals surface area contributed by atoms with Crippen LogP contribution in [0.5, 0.6) is 0 Å². The maximum Gasteiger partial charge on any atom is 0.124 e. The Morgan fingerprint density at radius 2 is 2.15 bits per heavy atom. The smallest absolute Gasteiger partial charge is 0.124 e. The second-order valence-electron chi connectivity index (χ2n) is 6.11. The van der Waals surface area contributed by atoms with E-state index in [4.69, 9.17) is 11.6 Å². The van der Waals surface area contributed by atoms with Crippen LogP contribution in [0.1, 0.15) is 31.2 Å². The van der Waals surface area contributed by atoms with Crippen molar-refractivity contribution in [3.8, 4) is 0 Å². The van der Waals surface area contributed by atoms with E-state index in [0.717, 1.165) is 37.7 Å². The molecular formula is C16H22ClFN2. The average Bonchev–Trinajstić information content (AvgIpc) is 3.26. The highest BCUT2D eigenvalue weighted by atomic mass is 35.5. The standard InChI is InChI=1S/C16H22ClFN2/c17-16-8-14(18)4-3-13(16)11-20(15-5-6-15)10-12-2-1-7-19-9-12/h3-4,8,12,15,19H,1-2,5-7,9-11H2. The lowest BCUT2D eigenvalue weighted by Crippen LogP contribution is -2.39. The molecule has 0 bridgehead atoms. The van der Waals surface area contributed by atoms with Crippen LogP contribution in [0.2, 0.25) is 5.02 Å². The van der Waals surface area contributed by atoms with Crippen molar-refractivity contribution in [2.75, 3.05) is 19.6 Å². The summed E-state index contributed by atoms with van der Waals surface area (Å²) in [5, 5.41) is 4.03. The summed E-state index contributed by atoms with van der Waals surface area (Å²) in [4.78, 5) is 2.54. The number of nitrogens with one attached hydrogen (secondary N) is 1. The monoisotopic (exact) mass is 296 g/mol. The second-order valence-corrected chi connectivity index (χ2v) is 6.52. The van der Waals surface area contributed by atoms with Crippen LogP contribution in [0.25, 0.3) is 0 Å². The van der Waals surface area contributed by atoms with Crippen molar-refractivity contribution in [2.24, 2.45) is 5.92 Å². The van der Waals surface area contributed by atoms with E-state index in [9.17, 15) is 4.39 Å². The number of rotatable bonds is 5. The fraction of sp³-hybridized carbons (Fsp3) is 0.625. The van der Waals surface area contributed by atoms with Gasteiger partial charge in [0, 0.05) is 24.2 Å². The lowest BCUT2D eigenvalue weighted by Gasteiger charge is -2.30. The van der Waals surface area contributed by atoms with Crippen LogP contribution in [0.4, 0.5) is 4.39 Å². The molecule has 0 aromatic heterocycles. The highest BCUT2D eigenvalue weighted by Crippen LogP contribution is 2.31. The average molecular weight is 297 g/mol. The lowest BCUT2D eigenvalue weighted by atomic mass is 9.98. The van der Waals surface area contributed by atoms with Gasteiger partial charge in [0.25, 0.3) is 0 Å². The van der Waals surface area contributed by atoms with Gasteiger partial charge in [-0.15, -0.1) is 0 Å². The Balaban J connectivity index is 1.64. The molecular weight excluding hydrogens is 275 g/mol. The van der Waals surface area contributed by atoms with Crippen LogP contribution in [-0.2, 0) is 6.54 Å². The minimum atomic E-state index is -0.256. The van der Waals surface area contributed by atoms with Gasteiger partial charge in [-0.2, -0.15) is 0 Å². The van der Waals surface area contributed by atoms with Crippen LogP contribution in [-0.4, -0.2) is 30.6 Å². The first-order valence-electron chi connectivity index (χ1n) is 7.61. The molecule has 1 saturated carbocycles. The summed E-state index contributed by atoms with van der Waals surface area (Å²) in [5.41, 5.74) is 1.05. The van der Waals surface area contributed by atoms with Gasteiger partial charge in [-0.1, -0.05) is 17.7 Å². The molecule has 0 radical (unpaired) electrons. The summed E-state index contributed by atoms with van der Waals surface area (Å²) in [6.45, 7) is 4.26. The molecule has 20 heavy (non-hydrogen) atoms. The predicted octanol–water partition coefficient (Wildman–Crippen LogP) is 3.44. The minimum Gasteiger partial charge on any atom is -0.316 e. The van der Waals surface area contributed by atoms with E-state index >= 15 is 0 Å². The molecule has 2 fully saturated rings. The highest BCUT2D eigenvalue weighted by molar-refractivity contribution is 6.31. The summed E-state index contributed by atoms with van der Waals surface area (Å²) in [7, 11) is 0. The zero-order valence-electron chi connectivity index (χ0n) is 11.7. The molecule has 1 aliphatic heterocycles. The Labute approximate surface area is 125 Å². The molecule has 1 aromatic carbocycles. The van der Waals surface area contributed by atoms with E-state index in [2.05, 4.69) is 10.2 Å². The number of halogens is 2. The number of benzene rings is 1. The minimum absolute atomic E-state index is 0.256. The zero-order valence-corrected chi connectivity index (χ0v) is 12.5. The molecule has 4 heteroatoms. The van der Waals surface area contributed by atoms with E-state index in [1.807, 2.05) is 6.07 Å². The lowest BCUT2D eigenvalue weighted by molar-refractivity contribution is 0.193. The van der Waals surface area contributed by atoms with Gasteiger partial charge in [0.05, 0.1) is 0 Å². The van der Waals surface area contributed by atoms with Crippen molar-refractivity contribution in [3.05, 3.63) is 34.6 Å². The fourth-order valence-electron chi connectivity index (χ4n) is 3.06. The summed E-state index contributed by atoms with van der Waals surface area (Å²) >= 11 is 6.16. The van der Waals surface area contributed by atoms with Crippen LogP contribution in [0.15, 0.2) is 18.2 Å². The first kappa shape index (κ1) is 14.3. The van der Waals surface area contributed by atoms with Crippen molar-refractivity contribution >= 4 is 11.6 Å². The van der Waals surface area contributed by atoms with Gasteiger partial charge in [-0.25, -0.2) is 4.39 Å². The largest absolute Gasteiger partial charge is 0.316 e. The number of piperidine rings is 1. The number of hydrogen-bond donors (Lipinski definition) is 1. The first-order chi connectivity index (χ1) is 9.72. The fourth-order valence-corrected chi connectivity index (χ4v) is 3.29. The summed E-state index contributed by atoms with van der Waals surface area (Å²) in [5.74, 6) is 0.483. The van der Waals surface area contributed by atoms with E-state index in [1.165, 1.54) is 37.8 Å². The molecule has 2 nitrogen and oxygen atoms in total. The van der Waals surface area contributed by atoms with Crippen LogP contribution < -0.4 is 5.32 Å². The van der Waals surface area contributed by atoms with Crippen molar-refractivity contribution in [3.63, 3.8) is 0 Å². The molecule has 1 heterocycles. The molecule has 1 aromatic rings. The van der Waals surface area contributed by atoms with Gasteiger partial charge in [-0.05, 0) is 62.4 Å². The maximum atomic E-state index is 13.1. The summed E-state index contributed by atoms with van der Waals surface area (Å²) in [6, 6.07) is 5.46. The van der Waals surface area contributed by atoms with E-state index < -0.39 is 0 Å². The van der Waals surface area contributed by atoms with Crippen molar-refractivity contribution in [2.45, 2.75) is 38.3 Å². The molecule has 2 aliphatic rings. The van der Waals surface area contributed by atoms with E-state index in [0.29, 0.717) is 11.1 Å². The molecule has 110 valence electrons. The van der Waals surface area contributed by atoms with Gasteiger partial charge in [0.1, 0.15) is 5.82 Å². The quantitative estimate of drug-likeness (QED) is 0.895. The van der Waals surface area contributed by atoms with Gasteiger partial charge >= 0.3 is 0 Å². The predicted molar refractivity (Wildman–Crippen MR) is 80.4 cm³/mol. The van der Waals surface area contributed by atoms with Crippen molar-refractivity contribution < 1.29 is 4.39 Å². The molecule has 1 N–H and O–H groups in total. The molecule has 0 spiro atoms. The van der Waals surface area contributed by atoms with Gasteiger partial charge in [0.15, 0.2) is 0 Å². The van der Waals surface area contributed by atoms with Crippen LogP contribution in [0, 0.1) is 11.7 Å². The first-order valence-corrected chi connectivity index (χ1v) is 7.99. The SMILES string of the molecule is Fc1ccc(CN(CC2CCCNC2)C2CC2)c(Cl)c1. The second kappa shape index (κ2) is 6.42. The Morgan fingerprint density at radius 3 is 2.80 bits per heavy atom. The van der Waals surface area contributed by atoms with Crippen molar-refractivity contribution in [1.29, 1.82) is 0 Å². The Kier molecular flexibility index (Phi) is 4.59. The molecule has 1 unspecified atom stereocenters. The Hall–Kier alpha value is -0.640. The highest BCUT2D eigenvalue weighted by Gasteiger charge is 2.31. The third kappa shape index (κ3) is 3.72. The third-order valence-corrected chi connectivity index (χ3v) is 4.70. The topological polar surface area (TPSA) is 15.3 Å². The molecule has 1 saturated heterocycles. The van der Waals surface area contributed by atoms with Gasteiger partial charge in [0.2, 0.25) is 0 Å². The van der Waals surface area contributed by atoms with Gasteiger partial charge < -0.3 is 5.32 Å². The summed E-state index contributed by atoms with van der Waals surface area (Å²) in [6.07, 6.45) is 5.17. The van der Waals surface area contributed by atoms with Gasteiger partial charge in [-0.3, -0.25) is 4.90 Å². The summed E-state index contributed by atoms with van der Waals surface area (Å²) < 4.78 is 13.1. The van der Waals surface area contributed by atoms with E-state index in [-0.39, 0.29) is 5.82 Å². The number of hydrogen-bond acceptors (Lipinski definition) is 2. The van der Waals surface area contributed by atoms with Crippen molar-refractivity contribution in [1.82, 2.24) is 10.2 Å². The zero-order chi connectivity index (χ0) is 13.9. The third-order valence-electron chi connectivity index (χ3n) is 4.34. The van der Waals surface area contributed by atoms with Crippen LogP contribution in [0.3, 0.4) is 0 Å². The Bertz CT molecular complexity index is 456. The maximum absolute atomic E-state index is 13.1. The van der Waals surface area contributed by atoms with Crippen LogP contribution >= 0.6 is 11.6 Å². The molecule has 3 rings (SSSR count). The van der Waals surface area contributed by atoms with E-state index in [1.54, 1.807) is 0 Å². The number of nitrogens with zero attached hydrogens (tertiary/aromatic N) is 1. The normalized spacial score (nSPS) is 23.2. The molecule has 0 amide bonds. The molecule has 1 atom stereocenters.